The Hall–Kier alpha value is -4.37. The summed E-state index contributed by atoms with van der Waals surface area (Å²) in [6.45, 7) is 2.60. The van der Waals surface area contributed by atoms with Gasteiger partial charge < -0.3 is 19.5 Å². The van der Waals surface area contributed by atoms with Crippen LogP contribution >= 0.6 is 11.6 Å². The van der Waals surface area contributed by atoms with Gasteiger partial charge in [-0.1, -0.05) is 30.7 Å². The molecular formula is C26H24ClN3O6. The second-order valence-electron chi connectivity index (χ2n) is 7.31. The summed E-state index contributed by atoms with van der Waals surface area (Å²) in [7, 11) is 1.42. The van der Waals surface area contributed by atoms with Gasteiger partial charge in [0.25, 0.3) is 0 Å². The van der Waals surface area contributed by atoms with Crippen molar-refractivity contribution in [3.8, 4) is 17.2 Å². The van der Waals surface area contributed by atoms with E-state index >= 15 is 0 Å². The number of carbonyl (C=O) groups excluding carboxylic acids is 3. The van der Waals surface area contributed by atoms with Gasteiger partial charge in [0.2, 0.25) is 0 Å². The molecule has 2 amide bonds. The highest BCUT2D eigenvalue weighted by Crippen LogP contribution is 2.28. The summed E-state index contributed by atoms with van der Waals surface area (Å²) >= 11 is 5.96. The molecule has 0 fully saturated rings. The van der Waals surface area contributed by atoms with Crippen LogP contribution in [0.5, 0.6) is 17.2 Å². The van der Waals surface area contributed by atoms with Crippen molar-refractivity contribution in [1.29, 1.82) is 0 Å². The number of esters is 1. The van der Waals surface area contributed by atoms with Gasteiger partial charge in [-0.05, 0) is 66.6 Å². The standard InChI is InChI=1S/C26H24ClN3O6/c1-3-14-35-19-11-9-18(10-12-19)26(33)36-22-13-8-17(15-23(22)34-2)16-28-30-25(32)24(31)29-21-7-5-4-6-20(21)27/h4-13,15-16H,3,14H2,1-2H3,(H,29,31)(H,30,32). The molecule has 0 saturated heterocycles. The number of carbonyl (C=O) groups is 3. The lowest BCUT2D eigenvalue weighted by Gasteiger charge is -2.10. The molecule has 0 atom stereocenters. The van der Waals surface area contributed by atoms with Crippen LogP contribution in [0.15, 0.2) is 71.8 Å². The number of para-hydroxylation sites is 1. The average molecular weight is 510 g/mol. The molecule has 10 heteroatoms. The fraction of sp³-hybridized carbons (Fsp3) is 0.154. The van der Waals surface area contributed by atoms with Gasteiger partial charge in [0.05, 0.1) is 36.2 Å². The third-order valence-corrected chi connectivity index (χ3v) is 4.99. The van der Waals surface area contributed by atoms with Crippen molar-refractivity contribution in [3.63, 3.8) is 0 Å². The summed E-state index contributed by atoms with van der Waals surface area (Å²) in [5.74, 6) is -1.32. The molecule has 0 aliphatic carbocycles. The quantitative estimate of drug-likeness (QED) is 0.145. The van der Waals surface area contributed by atoms with Gasteiger partial charge in [-0.15, -0.1) is 0 Å². The molecule has 0 saturated carbocycles. The monoisotopic (exact) mass is 509 g/mol. The van der Waals surface area contributed by atoms with Crippen molar-refractivity contribution in [2.24, 2.45) is 5.10 Å². The first-order valence-corrected chi connectivity index (χ1v) is 11.3. The largest absolute Gasteiger partial charge is 0.494 e. The van der Waals surface area contributed by atoms with E-state index in [1.165, 1.54) is 19.4 Å². The van der Waals surface area contributed by atoms with Crippen molar-refractivity contribution < 1.29 is 28.6 Å². The van der Waals surface area contributed by atoms with Crippen molar-refractivity contribution >= 4 is 41.3 Å². The van der Waals surface area contributed by atoms with E-state index in [1.54, 1.807) is 60.7 Å². The molecule has 0 aliphatic heterocycles. The highest BCUT2D eigenvalue weighted by molar-refractivity contribution is 6.41. The minimum absolute atomic E-state index is 0.203. The minimum Gasteiger partial charge on any atom is -0.494 e. The van der Waals surface area contributed by atoms with Gasteiger partial charge in [0.15, 0.2) is 11.5 Å². The average Bonchev–Trinajstić information content (AvgIpc) is 2.89. The summed E-state index contributed by atoms with van der Waals surface area (Å²) in [4.78, 5) is 36.5. The maximum absolute atomic E-state index is 12.5. The lowest BCUT2D eigenvalue weighted by molar-refractivity contribution is -0.136. The molecule has 0 aliphatic rings. The first-order chi connectivity index (χ1) is 17.4. The number of nitrogens with one attached hydrogen (secondary N) is 2. The predicted octanol–water partition coefficient (Wildman–Crippen LogP) is 4.45. The van der Waals surface area contributed by atoms with Gasteiger partial charge in [0, 0.05) is 0 Å². The Morgan fingerprint density at radius 3 is 2.42 bits per heavy atom. The molecule has 3 aromatic carbocycles. The van der Waals surface area contributed by atoms with Crippen LogP contribution in [0.1, 0.15) is 29.3 Å². The summed E-state index contributed by atoms with van der Waals surface area (Å²) in [6.07, 6.45) is 2.19. The van der Waals surface area contributed by atoms with E-state index in [9.17, 15) is 14.4 Å². The van der Waals surface area contributed by atoms with E-state index in [0.717, 1.165) is 6.42 Å². The smallest absolute Gasteiger partial charge is 0.343 e. The van der Waals surface area contributed by atoms with Crippen LogP contribution in [0.3, 0.4) is 0 Å². The topological polar surface area (TPSA) is 115 Å². The number of methoxy groups -OCH3 is 1. The zero-order chi connectivity index (χ0) is 25.9. The number of nitrogens with zero attached hydrogens (tertiary/aromatic N) is 1. The van der Waals surface area contributed by atoms with Gasteiger partial charge in [0.1, 0.15) is 5.75 Å². The third-order valence-electron chi connectivity index (χ3n) is 4.66. The predicted molar refractivity (Wildman–Crippen MR) is 136 cm³/mol. The summed E-state index contributed by atoms with van der Waals surface area (Å²) in [5.41, 5.74) is 3.31. The van der Waals surface area contributed by atoms with Crippen LogP contribution < -0.4 is 25.0 Å². The Balaban J connectivity index is 1.58. The van der Waals surface area contributed by atoms with E-state index in [-0.39, 0.29) is 11.5 Å². The molecule has 2 N–H and O–H groups in total. The van der Waals surface area contributed by atoms with Crippen LogP contribution in [0.25, 0.3) is 0 Å². The van der Waals surface area contributed by atoms with Gasteiger partial charge in [-0.2, -0.15) is 5.10 Å². The molecule has 9 nitrogen and oxygen atoms in total. The molecule has 36 heavy (non-hydrogen) atoms. The fourth-order valence-electron chi connectivity index (χ4n) is 2.87. The second-order valence-corrected chi connectivity index (χ2v) is 7.71. The number of rotatable bonds is 9. The second kappa shape index (κ2) is 12.9. The van der Waals surface area contributed by atoms with Crippen molar-refractivity contribution in [2.45, 2.75) is 13.3 Å². The fourth-order valence-corrected chi connectivity index (χ4v) is 3.06. The Morgan fingerprint density at radius 2 is 1.72 bits per heavy atom. The maximum Gasteiger partial charge on any atom is 0.343 e. The van der Waals surface area contributed by atoms with Crippen LogP contribution in [0.2, 0.25) is 5.02 Å². The number of hydrazone groups is 1. The van der Waals surface area contributed by atoms with Gasteiger partial charge in [-0.3, -0.25) is 9.59 Å². The lowest BCUT2D eigenvalue weighted by Crippen LogP contribution is -2.32. The number of benzene rings is 3. The molecule has 0 spiro atoms. The Labute approximate surface area is 213 Å². The van der Waals surface area contributed by atoms with Crippen molar-refractivity contribution in [2.75, 3.05) is 19.0 Å². The van der Waals surface area contributed by atoms with E-state index < -0.39 is 17.8 Å². The number of halogens is 1. The van der Waals surface area contributed by atoms with Crippen LogP contribution in [-0.2, 0) is 9.59 Å². The number of anilines is 1. The van der Waals surface area contributed by atoms with E-state index in [1.807, 2.05) is 6.92 Å². The van der Waals surface area contributed by atoms with E-state index in [0.29, 0.717) is 34.2 Å². The molecule has 0 unspecified atom stereocenters. The van der Waals surface area contributed by atoms with Gasteiger partial charge >= 0.3 is 17.8 Å². The Bertz CT molecular complexity index is 1260. The minimum atomic E-state index is -0.977. The van der Waals surface area contributed by atoms with Gasteiger partial charge in [-0.25, -0.2) is 10.2 Å². The molecule has 0 heterocycles. The first kappa shape index (κ1) is 26.2. The summed E-state index contributed by atoms with van der Waals surface area (Å²) in [6, 6.07) is 17.8. The first-order valence-electron chi connectivity index (χ1n) is 10.9. The normalized spacial score (nSPS) is 10.5. The number of hydrogen-bond acceptors (Lipinski definition) is 7. The molecule has 3 rings (SSSR count). The molecule has 3 aromatic rings. The van der Waals surface area contributed by atoms with E-state index in [4.69, 9.17) is 25.8 Å². The third kappa shape index (κ3) is 7.31. The number of ether oxygens (including phenoxy) is 3. The van der Waals surface area contributed by atoms with Crippen molar-refractivity contribution in [1.82, 2.24) is 5.43 Å². The number of amides is 2. The zero-order valence-corrected chi connectivity index (χ0v) is 20.4. The number of hydrogen-bond donors (Lipinski definition) is 2. The lowest BCUT2D eigenvalue weighted by atomic mass is 10.2. The molecule has 0 bridgehead atoms. The van der Waals surface area contributed by atoms with Crippen LogP contribution in [0, 0.1) is 0 Å². The zero-order valence-electron chi connectivity index (χ0n) is 19.6. The molecule has 0 radical (unpaired) electrons. The van der Waals surface area contributed by atoms with Crippen LogP contribution in [0.4, 0.5) is 5.69 Å². The molecular weight excluding hydrogens is 486 g/mol. The highest BCUT2D eigenvalue weighted by Gasteiger charge is 2.15. The summed E-state index contributed by atoms with van der Waals surface area (Å²) < 4.78 is 16.3. The molecule has 186 valence electrons. The van der Waals surface area contributed by atoms with Crippen LogP contribution in [-0.4, -0.2) is 37.7 Å². The van der Waals surface area contributed by atoms with E-state index in [2.05, 4.69) is 15.8 Å². The molecule has 0 aromatic heterocycles. The Morgan fingerprint density at radius 1 is 0.972 bits per heavy atom. The highest BCUT2D eigenvalue weighted by atomic mass is 35.5. The maximum atomic E-state index is 12.5. The van der Waals surface area contributed by atoms with Crippen molar-refractivity contribution in [3.05, 3.63) is 82.9 Å². The SMILES string of the molecule is CCCOc1ccc(C(=O)Oc2ccc(C=NNC(=O)C(=O)Nc3ccccc3Cl)cc2OC)cc1. The summed E-state index contributed by atoms with van der Waals surface area (Å²) in [5, 5.41) is 6.47. The Kier molecular flexibility index (Phi) is 9.41.